The summed E-state index contributed by atoms with van der Waals surface area (Å²) in [6.45, 7) is 6.25. The zero-order valence-corrected chi connectivity index (χ0v) is 17.9. The maximum Gasteiger partial charge on any atom is 0.226 e. The summed E-state index contributed by atoms with van der Waals surface area (Å²) in [5.74, 6) is 0.464. The van der Waals surface area contributed by atoms with Gasteiger partial charge in [0.05, 0.1) is 6.20 Å². The minimum Gasteiger partial charge on any atom is -0.334 e. The summed E-state index contributed by atoms with van der Waals surface area (Å²) >= 11 is 0. The SMILES string of the molecule is Cc1c(CN2CCC([C@@H]3CC=CCN(Cc4ccc(F)cc4)C3=O)CC2)cnn1C. The third-order valence-corrected chi connectivity index (χ3v) is 6.73. The second-order valence-corrected chi connectivity index (χ2v) is 8.65. The number of nitrogens with zero attached hydrogens (tertiary/aromatic N) is 4. The molecule has 1 aromatic heterocycles. The number of likely N-dealkylation sites (tertiary alicyclic amines) is 1. The van der Waals surface area contributed by atoms with E-state index >= 15 is 0 Å². The maximum atomic E-state index is 13.3. The van der Waals surface area contributed by atoms with Crippen molar-refractivity contribution in [3.8, 4) is 0 Å². The van der Waals surface area contributed by atoms with Gasteiger partial charge in [-0.25, -0.2) is 4.39 Å². The monoisotopic (exact) mass is 410 g/mol. The predicted molar refractivity (Wildman–Crippen MR) is 115 cm³/mol. The molecule has 1 aromatic carbocycles. The highest BCUT2D eigenvalue weighted by atomic mass is 19.1. The van der Waals surface area contributed by atoms with E-state index in [1.54, 1.807) is 12.1 Å². The van der Waals surface area contributed by atoms with Gasteiger partial charge in [0.25, 0.3) is 0 Å². The molecule has 2 aliphatic heterocycles. The molecule has 0 spiro atoms. The second kappa shape index (κ2) is 9.13. The summed E-state index contributed by atoms with van der Waals surface area (Å²) in [5.41, 5.74) is 3.48. The fourth-order valence-corrected chi connectivity index (χ4v) is 4.67. The van der Waals surface area contributed by atoms with Crippen LogP contribution in [0.25, 0.3) is 0 Å². The van der Waals surface area contributed by atoms with E-state index < -0.39 is 0 Å². The zero-order valence-electron chi connectivity index (χ0n) is 17.9. The van der Waals surface area contributed by atoms with Crippen LogP contribution in [0.2, 0.25) is 0 Å². The Balaban J connectivity index is 1.36. The van der Waals surface area contributed by atoms with Crippen LogP contribution in [0.1, 0.15) is 36.1 Å². The molecule has 0 saturated carbocycles. The number of benzene rings is 1. The van der Waals surface area contributed by atoms with Gasteiger partial charge in [-0.3, -0.25) is 14.4 Å². The van der Waals surface area contributed by atoms with E-state index in [-0.39, 0.29) is 17.6 Å². The zero-order chi connectivity index (χ0) is 21.1. The van der Waals surface area contributed by atoms with E-state index in [2.05, 4.69) is 29.1 Å². The molecular weight excluding hydrogens is 379 g/mol. The Morgan fingerprint density at radius 1 is 1.10 bits per heavy atom. The number of hydrogen-bond acceptors (Lipinski definition) is 3. The van der Waals surface area contributed by atoms with Crippen molar-refractivity contribution >= 4 is 5.91 Å². The van der Waals surface area contributed by atoms with E-state index in [1.165, 1.54) is 23.4 Å². The average molecular weight is 411 g/mol. The molecule has 1 amide bonds. The molecule has 5 nitrogen and oxygen atoms in total. The average Bonchev–Trinajstić information content (AvgIpc) is 2.95. The number of aromatic nitrogens is 2. The fraction of sp³-hybridized carbons (Fsp3) is 0.500. The molecule has 0 N–H and O–H groups in total. The number of hydrogen-bond donors (Lipinski definition) is 0. The van der Waals surface area contributed by atoms with Crippen LogP contribution in [-0.4, -0.2) is 45.1 Å². The minimum atomic E-state index is -0.244. The number of carbonyl (C=O) groups is 1. The lowest BCUT2D eigenvalue weighted by atomic mass is 9.81. The van der Waals surface area contributed by atoms with Crippen molar-refractivity contribution in [2.45, 2.75) is 39.3 Å². The summed E-state index contributed by atoms with van der Waals surface area (Å²) in [6.07, 6.45) is 9.15. The largest absolute Gasteiger partial charge is 0.334 e. The van der Waals surface area contributed by atoms with Crippen LogP contribution in [0, 0.1) is 24.6 Å². The molecule has 1 saturated heterocycles. The van der Waals surface area contributed by atoms with Crippen molar-refractivity contribution < 1.29 is 9.18 Å². The number of aryl methyl sites for hydroxylation is 1. The molecule has 0 radical (unpaired) electrons. The van der Waals surface area contributed by atoms with Crippen molar-refractivity contribution in [3.63, 3.8) is 0 Å². The second-order valence-electron chi connectivity index (χ2n) is 8.65. The van der Waals surface area contributed by atoms with Crippen LogP contribution in [0.5, 0.6) is 0 Å². The van der Waals surface area contributed by atoms with Crippen molar-refractivity contribution in [3.05, 3.63) is 65.3 Å². The summed E-state index contributed by atoms with van der Waals surface area (Å²) in [5, 5.41) is 4.35. The van der Waals surface area contributed by atoms with Crippen LogP contribution < -0.4 is 0 Å². The van der Waals surface area contributed by atoms with E-state index in [0.717, 1.165) is 44.5 Å². The number of allylic oxidation sites excluding steroid dienone is 1. The van der Waals surface area contributed by atoms with Gasteiger partial charge in [0.1, 0.15) is 5.82 Å². The molecule has 6 heteroatoms. The van der Waals surface area contributed by atoms with E-state index in [9.17, 15) is 9.18 Å². The highest BCUT2D eigenvalue weighted by Crippen LogP contribution is 2.31. The first-order valence-corrected chi connectivity index (χ1v) is 10.9. The van der Waals surface area contributed by atoms with Crippen LogP contribution >= 0.6 is 0 Å². The van der Waals surface area contributed by atoms with E-state index in [4.69, 9.17) is 0 Å². The molecule has 3 heterocycles. The normalized spacial score (nSPS) is 21.2. The minimum absolute atomic E-state index is 0.0477. The number of halogens is 1. The first kappa shape index (κ1) is 20.8. The summed E-state index contributed by atoms with van der Waals surface area (Å²) < 4.78 is 15.1. The lowest BCUT2D eigenvalue weighted by Gasteiger charge is -2.36. The van der Waals surface area contributed by atoms with E-state index in [1.807, 2.05) is 22.8 Å². The number of amides is 1. The van der Waals surface area contributed by atoms with Crippen molar-refractivity contribution in [2.75, 3.05) is 19.6 Å². The summed E-state index contributed by atoms with van der Waals surface area (Å²) in [4.78, 5) is 17.7. The van der Waals surface area contributed by atoms with Crippen molar-refractivity contribution in [1.29, 1.82) is 0 Å². The van der Waals surface area contributed by atoms with Gasteiger partial charge in [0.15, 0.2) is 0 Å². The molecule has 1 fully saturated rings. The third kappa shape index (κ3) is 4.64. The molecule has 0 bridgehead atoms. The summed E-state index contributed by atoms with van der Waals surface area (Å²) in [6, 6.07) is 6.46. The lowest BCUT2D eigenvalue weighted by molar-refractivity contribution is -0.137. The Morgan fingerprint density at radius 2 is 1.83 bits per heavy atom. The van der Waals surface area contributed by atoms with Crippen molar-refractivity contribution in [1.82, 2.24) is 19.6 Å². The molecule has 30 heavy (non-hydrogen) atoms. The molecule has 4 rings (SSSR count). The predicted octanol–water partition coefficient (Wildman–Crippen LogP) is 3.68. The first-order valence-electron chi connectivity index (χ1n) is 10.9. The van der Waals surface area contributed by atoms with Gasteiger partial charge in [-0.2, -0.15) is 5.10 Å². The molecule has 2 aliphatic rings. The topological polar surface area (TPSA) is 41.4 Å². The van der Waals surface area contributed by atoms with Gasteiger partial charge < -0.3 is 4.90 Å². The Morgan fingerprint density at radius 3 is 2.50 bits per heavy atom. The molecule has 0 unspecified atom stereocenters. The number of carbonyl (C=O) groups excluding carboxylic acids is 1. The van der Waals surface area contributed by atoms with Crippen LogP contribution in [0.15, 0.2) is 42.6 Å². The first-order chi connectivity index (χ1) is 14.5. The van der Waals surface area contributed by atoms with E-state index in [0.29, 0.717) is 19.0 Å². The highest BCUT2D eigenvalue weighted by molar-refractivity contribution is 5.80. The molecule has 160 valence electrons. The Kier molecular flexibility index (Phi) is 6.32. The Bertz CT molecular complexity index is 896. The number of rotatable bonds is 5. The lowest BCUT2D eigenvalue weighted by Crippen LogP contribution is -2.42. The van der Waals surface area contributed by atoms with Gasteiger partial charge in [0.2, 0.25) is 5.91 Å². The molecular formula is C24H31FN4O. The number of piperidine rings is 1. The molecule has 1 atom stereocenters. The Hall–Kier alpha value is -2.47. The van der Waals surface area contributed by atoms with Crippen LogP contribution in [-0.2, 0) is 24.9 Å². The van der Waals surface area contributed by atoms with Crippen LogP contribution in [0.4, 0.5) is 4.39 Å². The molecule has 0 aliphatic carbocycles. The van der Waals surface area contributed by atoms with Crippen LogP contribution in [0.3, 0.4) is 0 Å². The fourth-order valence-electron chi connectivity index (χ4n) is 4.67. The van der Waals surface area contributed by atoms with Gasteiger partial charge in [-0.1, -0.05) is 24.3 Å². The maximum absolute atomic E-state index is 13.3. The quantitative estimate of drug-likeness (QED) is 0.706. The van der Waals surface area contributed by atoms with Gasteiger partial charge >= 0.3 is 0 Å². The smallest absolute Gasteiger partial charge is 0.226 e. The third-order valence-electron chi connectivity index (χ3n) is 6.73. The Labute approximate surface area is 178 Å². The van der Waals surface area contributed by atoms with Gasteiger partial charge in [0, 0.05) is 43.9 Å². The standard InChI is InChI=1S/C24H31FN4O/c1-18-21(15-26-27(18)2)17-28-13-10-20(11-14-28)23-5-3-4-12-29(24(23)30)16-19-6-8-22(25)9-7-19/h3-4,6-9,15,20,23H,5,10-14,16-17H2,1-2H3/t23-/m0/s1. The van der Waals surface area contributed by atoms with Gasteiger partial charge in [-0.15, -0.1) is 0 Å². The highest BCUT2D eigenvalue weighted by Gasteiger charge is 2.34. The van der Waals surface area contributed by atoms with Crippen molar-refractivity contribution in [2.24, 2.45) is 18.9 Å². The van der Waals surface area contributed by atoms with Gasteiger partial charge in [-0.05, 0) is 62.9 Å². The molecule has 2 aromatic rings. The summed E-state index contributed by atoms with van der Waals surface area (Å²) in [7, 11) is 1.98.